The third-order valence-electron chi connectivity index (χ3n) is 5.50. The Morgan fingerprint density at radius 1 is 1.24 bits per heavy atom. The van der Waals surface area contributed by atoms with Gasteiger partial charge in [-0.15, -0.1) is 0 Å². The highest BCUT2D eigenvalue weighted by Gasteiger charge is 2.37. The molecule has 1 aliphatic heterocycles. The van der Waals surface area contributed by atoms with Crippen molar-refractivity contribution in [2.75, 3.05) is 0 Å². The Bertz CT molecular complexity index is 695. The average molecular weight is 347 g/mol. The van der Waals surface area contributed by atoms with Crippen LogP contribution in [0.25, 0.3) is 0 Å². The molecule has 25 heavy (non-hydrogen) atoms. The van der Waals surface area contributed by atoms with Crippen LogP contribution in [0.1, 0.15) is 62.0 Å². The van der Waals surface area contributed by atoms with E-state index in [9.17, 15) is 23.9 Å². The van der Waals surface area contributed by atoms with Crippen molar-refractivity contribution >= 4 is 18.1 Å². The monoisotopic (exact) mass is 347 g/mol. The summed E-state index contributed by atoms with van der Waals surface area (Å²) in [7, 11) is 0. The van der Waals surface area contributed by atoms with Gasteiger partial charge in [-0.05, 0) is 49.7 Å². The molecule has 2 amide bonds. The minimum Gasteiger partial charge on any atom is -0.385 e. The minimum atomic E-state index is -1.23. The van der Waals surface area contributed by atoms with Crippen molar-refractivity contribution in [3.05, 3.63) is 35.1 Å². The molecule has 3 rings (SSSR count). The van der Waals surface area contributed by atoms with Crippen molar-refractivity contribution in [3.63, 3.8) is 0 Å². The summed E-state index contributed by atoms with van der Waals surface area (Å²) in [6, 6.07) is 4.51. The van der Waals surface area contributed by atoms with Gasteiger partial charge in [-0.25, -0.2) is 4.39 Å². The lowest BCUT2D eigenvalue weighted by atomic mass is 9.74. The van der Waals surface area contributed by atoms with E-state index in [0.29, 0.717) is 44.1 Å². The molecule has 1 aromatic carbocycles. The van der Waals surface area contributed by atoms with Gasteiger partial charge in [0.15, 0.2) is 0 Å². The molecule has 5 nitrogen and oxygen atoms in total. The summed E-state index contributed by atoms with van der Waals surface area (Å²) in [6.07, 6.45) is 4.17. The SMILES string of the molecule is O=CCC1CCC(O)(c2ccc(C3CCC(=O)NC3=O)cc2F)CC1. The molecule has 2 N–H and O–H groups in total. The van der Waals surface area contributed by atoms with Gasteiger partial charge in [0.1, 0.15) is 12.1 Å². The number of imide groups is 1. The van der Waals surface area contributed by atoms with Crippen LogP contribution in [0, 0.1) is 11.7 Å². The van der Waals surface area contributed by atoms with Gasteiger partial charge in [-0.1, -0.05) is 12.1 Å². The number of carbonyl (C=O) groups is 3. The van der Waals surface area contributed by atoms with E-state index in [4.69, 9.17) is 0 Å². The predicted molar refractivity (Wildman–Crippen MR) is 88.1 cm³/mol. The second-order valence-corrected chi connectivity index (χ2v) is 7.12. The zero-order valence-electron chi connectivity index (χ0n) is 14.0. The number of aldehydes is 1. The van der Waals surface area contributed by atoms with Gasteiger partial charge in [0.2, 0.25) is 11.8 Å². The van der Waals surface area contributed by atoms with Crippen molar-refractivity contribution in [3.8, 4) is 0 Å². The fraction of sp³-hybridized carbons (Fsp3) is 0.526. The maximum Gasteiger partial charge on any atom is 0.234 e. The van der Waals surface area contributed by atoms with E-state index >= 15 is 0 Å². The van der Waals surface area contributed by atoms with Crippen molar-refractivity contribution < 1.29 is 23.9 Å². The van der Waals surface area contributed by atoms with Crippen molar-refractivity contribution in [2.45, 2.75) is 56.5 Å². The molecule has 2 aliphatic rings. The van der Waals surface area contributed by atoms with Gasteiger partial charge in [0, 0.05) is 18.4 Å². The fourth-order valence-electron chi connectivity index (χ4n) is 3.93. The zero-order valence-corrected chi connectivity index (χ0v) is 14.0. The number of hydrogen-bond donors (Lipinski definition) is 2. The van der Waals surface area contributed by atoms with Crippen molar-refractivity contribution in [1.29, 1.82) is 0 Å². The lowest BCUT2D eigenvalue weighted by Crippen LogP contribution is -2.39. The lowest BCUT2D eigenvalue weighted by molar-refractivity contribution is -0.134. The molecule has 0 bridgehead atoms. The molecule has 134 valence electrons. The average Bonchev–Trinajstić information content (AvgIpc) is 2.57. The molecule has 1 unspecified atom stereocenters. The maximum atomic E-state index is 14.7. The van der Waals surface area contributed by atoms with Crippen LogP contribution in [0.5, 0.6) is 0 Å². The van der Waals surface area contributed by atoms with E-state index in [1.54, 1.807) is 12.1 Å². The van der Waals surface area contributed by atoms with Crippen molar-refractivity contribution in [2.24, 2.45) is 5.92 Å². The molecule has 1 aromatic rings. The van der Waals surface area contributed by atoms with Crippen LogP contribution < -0.4 is 5.32 Å². The largest absolute Gasteiger partial charge is 0.385 e. The molecule has 1 heterocycles. The van der Waals surface area contributed by atoms with Crippen LogP contribution >= 0.6 is 0 Å². The fourth-order valence-corrected chi connectivity index (χ4v) is 3.93. The number of carbonyl (C=O) groups excluding carboxylic acids is 3. The molecule has 1 saturated carbocycles. The number of piperidine rings is 1. The van der Waals surface area contributed by atoms with Gasteiger partial charge in [-0.2, -0.15) is 0 Å². The second-order valence-electron chi connectivity index (χ2n) is 7.12. The molecule has 1 atom stereocenters. The molecule has 1 saturated heterocycles. The molecule has 0 spiro atoms. The number of amides is 2. The first-order valence-corrected chi connectivity index (χ1v) is 8.72. The highest BCUT2D eigenvalue weighted by atomic mass is 19.1. The number of benzene rings is 1. The Hall–Kier alpha value is -2.08. The highest BCUT2D eigenvalue weighted by molar-refractivity contribution is 6.00. The van der Waals surface area contributed by atoms with Gasteiger partial charge < -0.3 is 9.90 Å². The summed E-state index contributed by atoms with van der Waals surface area (Å²) in [5.74, 6) is -1.53. The first-order valence-electron chi connectivity index (χ1n) is 8.72. The number of aliphatic hydroxyl groups is 1. The lowest BCUT2D eigenvalue weighted by Gasteiger charge is -2.36. The molecule has 2 fully saturated rings. The Morgan fingerprint density at radius 3 is 2.56 bits per heavy atom. The predicted octanol–water partition coefficient (Wildman–Crippen LogP) is 2.31. The Balaban J connectivity index is 1.77. The molecule has 0 aromatic heterocycles. The van der Waals surface area contributed by atoms with Crippen LogP contribution in [0.2, 0.25) is 0 Å². The summed E-state index contributed by atoms with van der Waals surface area (Å²) in [5.41, 5.74) is -0.468. The Morgan fingerprint density at radius 2 is 1.96 bits per heavy atom. The first kappa shape index (κ1) is 17.7. The van der Waals surface area contributed by atoms with Gasteiger partial charge in [0.25, 0.3) is 0 Å². The normalized spacial score (nSPS) is 30.0. The van der Waals surface area contributed by atoms with Crippen LogP contribution in [-0.4, -0.2) is 23.2 Å². The summed E-state index contributed by atoms with van der Waals surface area (Å²) >= 11 is 0. The summed E-state index contributed by atoms with van der Waals surface area (Å²) in [6.45, 7) is 0. The van der Waals surface area contributed by atoms with Gasteiger partial charge in [0.05, 0.1) is 11.5 Å². The van der Waals surface area contributed by atoms with E-state index in [0.717, 1.165) is 6.29 Å². The molecular weight excluding hydrogens is 325 g/mol. The van der Waals surface area contributed by atoms with E-state index in [1.165, 1.54) is 6.07 Å². The topological polar surface area (TPSA) is 83.5 Å². The summed E-state index contributed by atoms with van der Waals surface area (Å²) < 4.78 is 14.7. The first-order chi connectivity index (χ1) is 11.9. The third-order valence-corrected chi connectivity index (χ3v) is 5.50. The number of hydrogen-bond acceptors (Lipinski definition) is 4. The van der Waals surface area contributed by atoms with E-state index in [2.05, 4.69) is 5.32 Å². The zero-order chi connectivity index (χ0) is 18.0. The third kappa shape index (κ3) is 3.63. The maximum absolute atomic E-state index is 14.7. The minimum absolute atomic E-state index is 0.238. The quantitative estimate of drug-likeness (QED) is 0.647. The standard InChI is InChI=1S/C19H22FNO4/c20-16-11-13(14-2-4-17(23)21-18(14)24)1-3-15(16)19(25)8-5-12(6-9-19)7-10-22/h1,3,10-12,14,25H,2,4-9H2,(H,21,23,24). The van der Waals surface area contributed by atoms with Crippen LogP contribution in [0.4, 0.5) is 4.39 Å². The Labute approximate surface area is 145 Å². The van der Waals surface area contributed by atoms with Gasteiger partial charge in [-0.3, -0.25) is 14.9 Å². The molecule has 6 heteroatoms. The van der Waals surface area contributed by atoms with Crippen molar-refractivity contribution in [1.82, 2.24) is 5.32 Å². The number of nitrogens with one attached hydrogen (secondary N) is 1. The Kier molecular flexibility index (Phi) is 4.99. The molecular formula is C19H22FNO4. The van der Waals surface area contributed by atoms with Crippen LogP contribution in [0.3, 0.4) is 0 Å². The summed E-state index contributed by atoms with van der Waals surface area (Å²) in [5, 5.41) is 13.1. The van der Waals surface area contributed by atoms with E-state index in [1.807, 2.05) is 0 Å². The van der Waals surface area contributed by atoms with Crippen LogP contribution in [-0.2, 0) is 20.0 Å². The van der Waals surface area contributed by atoms with Crippen LogP contribution in [0.15, 0.2) is 18.2 Å². The highest BCUT2D eigenvalue weighted by Crippen LogP contribution is 2.41. The van der Waals surface area contributed by atoms with E-state index < -0.39 is 23.2 Å². The van der Waals surface area contributed by atoms with E-state index in [-0.39, 0.29) is 23.8 Å². The second kappa shape index (κ2) is 7.04. The number of halogens is 1. The smallest absolute Gasteiger partial charge is 0.234 e. The summed E-state index contributed by atoms with van der Waals surface area (Å²) in [4.78, 5) is 33.8. The molecule has 0 radical (unpaired) electrons. The number of rotatable bonds is 4. The molecule has 1 aliphatic carbocycles. The van der Waals surface area contributed by atoms with Gasteiger partial charge >= 0.3 is 0 Å².